The molecule has 0 nitrogen and oxygen atoms in total. The van der Waals surface area contributed by atoms with Crippen molar-refractivity contribution in [2.24, 2.45) is 23.7 Å². The minimum Gasteiger partial charge on any atom is -0.109 e. The lowest BCUT2D eigenvalue weighted by Gasteiger charge is -2.44. The van der Waals surface area contributed by atoms with E-state index < -0.39 is 28.2 Å². The average molecular weight is 654 g/mol. The minimum absolute atomic E-state index is 0.191. The molecule has 12 heteroatoms. The van der Waals surface area contributed by atoms with Gasteiger partial charge >= 0.3 is 0 Å². The molecular formula is C18H12Cl12. The molecule has 3 saturated carbocycles. The van der Waals surface area contributed by atoms with E-state index in [1.807, 2.05) is 0 Å². The molecule has 168 valence electrons. The van der Waals surface area contributed by atoms with Crippen molar-refractivity contribution in [3.8, 4) is 0 Å². The van der Waals surface area contributed by atoms with E-state index in [0.29, 0.717) is 25.7 Å². The minimum atomic E-state index is -1.58. The molecule has 4 bridgehead atoms. The molecule has 5 aliphatic rings. The summed E-state index contributed by atoms with van der Waals surface area (Å²) in [6.07, 6.45) is 2.22. The zero-order valence-electron chi connectivity index (χ0n) is 14.7. The number of hydrogen-bond donors (Lipinski definition) is 0. The molecule has 3 fully saturated rings. The lowest BCUT2D eigenvalue weighted by atomic mass is 9.67. The maximum absolute atomic E-state index is 7.02. The highest BCUT2D eigenvalue weighted by molar-refractivity contribution is 6.66. The van der Waals surface area contributed by atoms with Gasteiger partial charge in [-0.25, -0.2) is 0 Å². The number of fused-ring (bicyclic) bond motifs is 10. The summed E-state index contributed by atoms with van der Waals surface area (Å²) in [6, 6.07) is 0. The third kappa shape index (κ3) is 2.18. The largest absolute Gasteiger partial charge is 0.166 e. The highest BCUT2D eigenvalue weighted by Crippen LogP contribution is 2.81. The standard InChI is InChI=1S/C18H12Cl12/c19-9-10(20)15(25)7-3-4-8-6(2-1-5(7)13(9,23)17(15,27)28)14(24)11(21)12(22)16(8,26)18(14,29)30/h5-8H,1-4H2/t5-,6-,7+,8+,13-,14+,15-,16+. The third-order valence-electron chi connectivity index (χ3n) is 8.08. The molecule has 30 heavy (non-hydrogen) atoms. The molecular weight excluding hydrogens is 642 g/mol. The fourth-order valence-electron chi connectivity index (χ4n) is 6.73. The maximum atomic E-state index is 7.02. The molecule has 5 aliphatic carbocycles. The topological polar surface area (TPSA) is 0 Å². The highest BCUT2D eigenvalue weighted by Gasteiger charge is 2.85. The SMILES string of the molecule is ClC1=C(Cl)[C@@]2(Cl)[C@H]3CC[C@H]4[C@@H](CC[C@H]3[C@@]1(Cl)C2(Cl)Cl)[C@@]1(Cl)C(Cl)=C(Cl)[C@@]4(Cl)C1(Cl)Cl. The average Bonchev–Trinajstić information content (AvgIpc) is 2.96. The Balaban J connectivity index is 1.62. The van der Waals surface area contributed by atoms with Gasteiger partial charge in [0.1, 0.15) is 19.5 Å². The fraction of sp³-hybridized carbons (Fsp3) is 0.778. The van der Waals surface area contributed by atoms with Crippen molar-refractivity contribution in [1.82, 2.24) is 0 Å². The maximum Gasteiger partial charge on any atom is 0.166 e. The molecule has 0 amide bonds. The van der Waals surface area contributed by atoms with Gasteiger partial charge in [-0.2, -0.15) is 0 Å². The van der Waals surface area contributed by atoms with Crippen LogP contribution in [0.2, 0.25) is 0 Å². The Bertz CT molecular complexity index is 782. The van der Waals surface area contributed by atoms with Crippen molar-refractivity contribution in [2.45, 2.75) is 53.8 Å². The van der Waals surface area contributed by atoms with Gasteiger partial charge in [-0.15, -0.1) is 46.4 Å². The fourth-order valence-corrected chi connectivity index (χ4v) is 13.0. The summed E-state index contributed by atoms with van der Waals surface area (Å²) < 4.78 is -3.17. The predicted octanol–water partition coefficient (Wildman–Crippen LogP) is 9.72. The van der Waals surface area contributed by atoms with Gasteiger partial charge in [0.15, 0.2) is 8.67 Å². The second-order valence-corrected chi connectivity index (χ2v) is 15.4. The van der Waals surface area contributed by atoms with E-state index in [-0.39, 0.29) is 43.8 Å². The number of allylic oxidation sites excluding steroid dienone is 4. The number of rotatable bonds is 0. The van der Waals surface area contributed by atoms with Gasteiger partial charge in [0.2, 0.25) is 0 Å². The van der Waals surface area contributed by atoms with Crippen LogP contribution in [0.5, 0.6) is 0 Å². The smallest absolute Gasteiger partial charge is 0.109 e. The summed E-state index contributed by atoms with van der Waals surface area (Å²) >= 11 is 81.3. The van der Waals surface area contributed by atoms with E-state index in [0.717, 1.165) is 0 Å². The van der Waals surface area contributed by atoms with Crippen LogP contribution in [0.15, 0.2) is 20.1 Å². The molecule has 0 aromatic rings. The summed E-state index contributed by atoms with van der Waals surface area (Å²) in [5.41, 5.74) is 0. The molecule has 0 N–H and O–H groups in total. The number of halogens is 12. The molecule has 0 spiro atoms. The van der Waals surface area contributed by atoms with Crippen molar-refractivity contribution in [1.29, 1.82) is 0 Å². The van der Waals surface area contributed by atoms with E-state index in [1.54, 1.807) is 0 Å². The molecule has 0 aliphatic heterocycles. The van der Waals surface area contributed by atoms with Gasteiger partial charge in [0.25, 0.3) is 0 Å². The summed E-state index contributed by atoms with van der Waals surface area (Å²) in [4.78, 5) is -5.28. The first-order valence-electron chi connectivity index (χ1n) is 9.22. The molecule has 5 rings (SSSR count). The Labute approximate surface area is 234 Å². The van der Waals surface area contributed by atoms with Crippen LogP contribution in [-0.4, -0.2) is 28.2 Å². The summed E-state index contributed by atoms with van der Waals surface area (Å²) in [5.74, 6) is -0.976. The monoisotopic (exact) mass is 648 g/mol. The molecule has 0 unspecified atom stereocenters. The van der Waals surface area contributed by atoms with Crippen LogP contribution in [0.4, 0.5) is 0 Å². The molecule has 0 heterocycles. The quantitative estimate of drug-likeness (QED) is 0.229. The first kappa shape index (κ1) is 24.6. The normalized spacial score (nSPS) is 55.6. The van der Waals surface area contributed by atoms with Crippen molar-refractivity contribution in [3.05, 3.63) is 20.1 Å². The van der Waals surface area contributed by atoms with Crippen molar-refractivity contribution >= 4 is 139 Å². The first-order valence-corrected chi connectivity index (χ1v) is 13.8. The Morgan fingerprint density at radius 3 is 0.733 bits per heavy atom. The van der Waals surface area contributed by atoms with Crippen LogP contribution in [0, 0.1) is 23.7 Å². The van der Waals surface area contributed by atoms with Gasteiger partial charge in [0.05, 0.1) is 20.1 Å². The van der Waals surface area contributed by atoms with Gasteiger partial charge in [-0.3, -0.25) is 0 Å². The second kappa shape index (κ2) is 6.83. The van der Waals surface area contributed by atoms with Gasteiger partial charge in [-0.05, 0) is 49.4 Å². The van der Waals surface area contributed by atoms with E-state index in [2.05, 4.69) is 0 Å². The predicted molar refractivity (Wildman–Crippen MR) is 133 cm³/mol. The Morgan fingerprint density at radius 1 is 0.400 bits per heavy atom. The van der Waals surface area contributed by atoms with Crippen molar-refractivity contribution < 1.29 is 0 Å². The third-order valence-corrected chi connectivity index (χ3v) is 16.8. The van der Waals surface area contributed by atoms with Crippen LogP contribution in [0.1, 0.15) is 25.7 Å². The lowest BCUT2D eigenvalue weighted by molar-refractivity contribution is 0.175. The van der Waals surface area contributed by atoms with Gasteiger partial charge < -0.3 is 0 Å². The van der Waals surface area contributed by atoms with Gasteiger partial charge in [0, 0.05) is 0 Å². The van der Waals surface area contributed by atoms with Crippen LogP contribution in [0.3, 0.4) is 0 Å². The molecule has 8 atom stereocenters. The second-order valence-electron chi connectivity index (χ2n) is 8.83. The number of hydrogen-bond acceptors (Lipinski definition) is 0. The molecule has 0 aromatic carbocycles. The Kier molecular flexibility index (Phi) is 5.61. The zero-order valence-corrected chi connectivity index (χ0v) is 23.7. The van der Waals surface area contributed by atoms with Crippen LogP contribution in [0.25, 0.3) is 0 Å². The van der Waals surface area contributed by atoms with E-state index in [9.17, 15) is 0 Å². The highest BCUT2D eigenvalue weighted by atomic mass is 35.5. The molecule has 0 saturated heterocycles. The van der Waals surface area contributed by atoms with Crippen LogP contribution in [-0.2, 0) is 0 Å². The summed E-state index contributed by atoms with van der Waals surface area (Å²) in [6.45, 7) is 0. The van der Waals surface area contributed by atoms with E-state index >= 15 is 0 Å². The Morgan fingerprint density at radius 2 is 0.567 bits per heavy atom. The Hall–Kier alpha value is 2.96. The molecule has 0 radical (unpaired) electrons. The van der Waals surface area contributed by atoms with Crippen LogP contribution >= 0.6 is 139 Å². The van der Waals surface area contributed by atoms with Crippen molar-refractivity contribution in [2.75, 3.05) is 0 Å². The number of alkyl halides is 8. The molecule has 0 aromatic heterocycles. The van der Waals surface area contributed by atoms with Crippen molar-refractivity contribution in [3.63, 3.8) is 0 Å². The lowest BCUT2D eigenvalue weighted by Crippen LogP contribution is -2.45. The summed E-state index contributed by atoms with van der Waals surface area (Å²) in [7, 11) is 0. The van der Waals surface area contributed by atoms with Crippen LogP contribution < -0.4 is 0 Å². The van der Waals surface area contributed by atoms with Gasteiger partial charge in [-0.1, -0.05) is 92.8 Å². The summed E-state index contributed by atoms with van der Waals surface area (Å²) in [5, 5.41) is 0.765. The zero-order chi connectivity index (χ0) is 22.4. The first-order chi connectivity index (χ1) is 13.6. The van der Waals surface area contributed by atoms with E-state index in [4.69, 9.17) is 139 Å². The van der Waals surface area contributed by atoms with E-state index in [1.165, 1.54) is 0 Å².